The van der Waals surface area contributed by atoms with Crippen molar-refractivity contribution in [3.05, 3.63) is 62.7 Å². The minimum atomic E-state index is -0.400. The molecule has 0 saturated carbocycles. The lowest BCUT2D eigenvalue weighted by molar-refractivity contribution is 0.0520. The number of thiazole rings is 1. The molecule has 0 fully saturated rings. The SMILES string of the molecule is CCOC(=O)c1csc(Nc2cc(Nc3cccc(I)c3)ccc2C)n1. The molecular formula is C19H18IN3O2S. The summed E-state index contributed by atoms with van der Waals surface area (Å²) in [5.74, 6) is -0.400. The summed E-state index contributed by atoms with van der Waals surface area (Å²) < 4.78 is 6.15. The Kier molecular flexibility index (Phi) is 6.10. The summed E-state index contributed by atoms with van der Waals surface area (Å²) in [4.78, 5) is 16.0. The zero-order valence-electron chi connectivity index (χ0n) is 14.4. The summed E-state index contributed by atoms with van der Waals surface area (Å²) in [5, 5.41) is 9.04. The van der Waals surface area contributed by atoms with Crippen molar-refractivity contribution >= 4 is 62.1 Å². The number of nitrogens with one attached hydrogen (secondary N) is 2. The molecule has 0 amide bonds. The Morgan fingerprint density at radius 1 is 1.19 bits per heavy atom. The first-order valence-electron chi connectivity index (χ1n) is 8.08. The fourth-order valence-corrected chi connectivity index (χ4v) is 3.55. The number of hydrogen-bond acceptors (Lipinski definition) is 6. The minimum absolute atomic E-state index is 0.324. The molecule has 0 radical (unpaired) electrons. The second kappa shape index (κ2) is 8.50. The molecule has 0 spiro atoms. The van der Waals surface area contributed by atoms with Crippen LogP contribution >= 0.6 is 33.9 Å². The summed E-state index contributed by atoms with van der Waals surface area (Å²) in [5.41, 5.74) is 4.36. The summed E-state index contributed by atoms with van der Waals surface area (Å²) in [6, 6.07) is 14.3. The summed E-state index contributed by atoms with van der Waals surface area (Å²) in [7, 11) is 0. The predicted molar refractivity (Wildman–Crippen MR) is 115 cm³/mol. The highest BCUT2D eigenvalue weighted by Gasteiger charge is 2.12. The highest BCUT2D eigenvalue weighted by Crippen LogP contribution is 2.28. The van der Waals surface area contributed by atoms with Crippen molar-refractivity contribution in [2.75, 3.05) is 17.2 Å². The van der Waals surface area contributed by atoms with Gasteiger partial charge in [-0.2, -0.15) is 0 Å². The molecule has 3 rings (SSSR count). The molecule has 0 saturated heterocycles. The zero-order valence-corrected chi connectivity index (χ0v) is 17.3. The number of nitrogens with zero attached hydrogens (tertiary/aromatic N) is 1. The molecule has 0 aliphatic carbocycles. The number of esters is 1. The largest absolute Gasteiger partial charge is 0.461 e. The second-order valence-corrected chi connectivity index (χ2v) is 7.65. The standard InChI is InChI=1S/C19H18IN3O2S/c1-3-25-18(24)17-11-26-19(23-17)22-16-10-15(8-7-12(16)2)21-14-6-4-5-13(20)9-14/h4-11,21H,3H2,1-2H3,(H,22,23). The Morgan fingerprint density at radius 2 is 2.00 bits per heavy atom. The van der Waals surface area contributed by atoms with Gasteiger partial charge in [-0.3, -0.25) is 0 Å². The maximum absolute atomic E-state index is 11.7. The van der Waals surface area contributed by atoms with Crippen LogP contribution in [-0.4, -0.2) is 17.6 Å². The van der Waals surface area contributed by atoms with Crippen LogP contribution in [0.25, 0.3) is 0 Å². The molecule has 26 heavy (non-hydrogen) atoms. The van der Waals surface area contributed by atoms with Gasteiger partial charge in [-0.25, -0.2) is 9.78 Å². The van der Waals surface area contributed by atoms with Crippen LogP contribution in [0.4, 0.5) is 22.2 Å². The van der Waals surface area contributed by atoms with E-state index in [0.717, 1.165) is 22.6 Å². The van der Waals surface area contributed by atoms with Crippen molar-refractivity contribution in [3.63, 3.8) is 0 Å². The maximum Gasteiger partial charge on any atom is 0.357 e. The monoisotopic (exact) mass is 479 g/mol. The lowest BCUT2D eigenvalue weighted by Gasteiger charge is -2.12. The summed E-state index contributed by atoms with van der Waals surface area (Å²) >= 11 is 3.67. The van der Waals surface area contributed by atoms with Gasteiger partial charge >= 0.3 is 5.97 Å². The van der Waals surface area contributed by atoms with E-state index in [9.17, 15) is 4.79 Å². The van der Waals surface area contributed by atoms with Gasteiger partial charge in [-0.1, -0.05) is 12.1 Å². The van der Waals surface area contributed by atoms with Gasteiger partial charge in [-0.15, -0.1) is 11.3 Å². The molecule has 0 aliphatic rings. The Balaban J connectivity index is 1.77. The van der Waals surface area contributed by atoms with Gasteiger partial charge in [-0.05, 0) is 72.3 Å². The molecule has 2 aromatic carbocycles. The lowest BCUT2D eigenvalue weighted by Crippen LogP contribution is -2.05. The van der Waals surface area contributed by atoms with Crippen molar-refractivity contribution in [1.29, 1.82) is 0 Å². The van der Waals surface area contributed by atoms with Crippen LogP contribution in [0.2, 0.25) is 0 Å². The third kappa shape index (κ3) is 4.73. The topological polar surface area (TPSA) is 63.2 Å². The third-order valence-corrected chi connectivity index (χ3v) is 5.01. The number of carbonyl (C=O) groups excluding carboxylic acids is 1. The van der Waals surface area contributed by atoms with E-state index in [1.807, 2.05) is 37.3 Å². The number of benzene rings is 2. The average Bonchev–Trinajstić information content (AvgIpc) is 3.07. The van der Waals surface area contributed by atoms with E-state index < -0.39 is 5.97 Å². The Hall–Kier alpha value is -2.13. The van der Waals surface area contributed by atoms with Crippen LogP contribution in [0.1, 0.15) is 23.0 Å². The molecule has 0 atom stereocenters. The molecule has 7 heteroatoms. The van der Waals surface area contributed by atoms with Crippen molar-refractivity contribution in [2.24, 2.45) is 0 Å². The van der Waals surface area contributed by atoms with Crippen molar-refractivity contribution in [3.8, 4) is 0 Å². The van der Waals surface area contributed by atoms with Gasteiger partial charge in [0.05, 0.1) is 6.61 Å². The number of ether oxygens (including phenoxy) is 1. The number of anilines is 4. The summed E-state index contributed by atoms with van der Waals surface area (Å²) in [6.07, 6.45) is 0. The minimum Gasteiger partial charge on any atom is -0.461 e. The van der Waals surface area contributed by atoms with Gasteiger partial charge in [0.25, 0.3) is 0 Å². The lowest BCUT2D eigenvalue weighted by atomic mass is 10.1. The molecule has 3 aromatic rings. The van der Waals surface area contributed by atoms with E-state index in [0.29, 0.717) is 17.4 Å². The molecular weight excluding hydrogens is 461 g/mol. The quantitative estimate of drug-likeness (QED) is 0.350. The normalized spacial score (nSPS) is 10.4. The Morgan fingerprint density at radius 3 is 2.77 bits per heavy atom. The smallest absolute Gasteiger partial charge is 0.357 e. The van der Waals surface area contributed by atoms with Crippen LogP contribution < -0.4 is 10.6 Å². The first kappa shape index (κ1) is 18.7. The zero-order chi connectivity index (χ0) is 18.5. The molecule has 1 heterocycles. The predicted octanol–water partition coefficient (Wildman–Crippen LogP) is 5.72. The number of aromatic nitrogens is 1. The van der Waals surface area contributed by atoms with Gasteiger partial charge < -0.3 is 15.4 Å². The fraction of sp³-hybridized carbons (Fsp3) is 0.158. The van der Waals surface area contributed by atoms with E-state index in [2.05, 4.69) is 50.3 Å². The average molecular weight is 479 g/mol. The van der Waals surface area contributed by atoms with Crippen LogP contribution in [0.15, 0.2) is 47.8 Å². The second-order valence-electron chi connectivity index (χ2n) is 5.55. The van der Waals surface area contributed by atoms with Crippen LogP contribution in [-0.2, 0) is 4.74 Å². The molecule has 134 valence electrons. The van der Waals surface area contributed by atoms with E-state index >= 15 is 0 Å². The molecule has 5 nitrogen and oxygen atoms in total. The van der Waals surface area contributed by atoms with Gasteiger partial charge in [0, 0.05) is 26.0 Å². The third-order valence-electron chi connectivity index (χ3n) is 3.58. The fourth-order valence-electron chi connectivity index (χ4n) is 2.31. The Labute approximate surface area is 170 Å². The number of rotatable bonds is 6. The van der Waals surface area contributed by atoms with Crippen LogP contribution in [0, 0.1) is 10.5 Å². The van der Waals surface area contributed by atoms with Gasteiger partial charge in [0.2, 0.25) is 0 Å². The number of aryl methyl sites for hydroxylation is 1. The van der Waals surface area contributed by atoms with E-state index in [-0.39, 0.29) is 0 Å². The van der Waals surface area contributed by atoms with E-state index in [1.54, 1.807) is 12.3 Å². The van der Waals surface area contributed by atoms with E-state index in [1.165, 1.54) is 14.9 Å². The highest BCUT2D eigenvalue weighted by atomic mass is 127. The molecule has 2 N–H and O–H groups in total. The summed E-state index contributed by atoms with van der Waals surface area (Å²) in [6.45, 7) is 4.14. The van der Waals surface area contributed by atoms with Crippen LogP contribution in [0.5, 0.6) is 0 Å². The van der Waals surface area contributed by atoms with Crippen LogP contribution in [0.3, 0.4) is 0 Å². The van der Waals surface area contributed by atoms with Crippen molar-refractivity contribution in [2.45, 2.75) is 13.8 Å². The first-order chi connectivity index (χ1) is 12.5. The van der Waals surface area contributed by atoms with E-state index in [4.69, 9.17) is 4.74 Å². The van der Waals surface area contributed by atoms with Gasteiger partial charge in [0.15, 0.2) is 10.8 Å². The van der Waals surface area contributed by atoms with Crippen molar-refractivity contribution in [1.82, 2.24) is 4.98 Å². The highest BCUT2D eigenvalue weighted by molar-refractivity contribution is 14.1. The molecule has 1 aromatic heterocycles. The first-order valence-corrected chi connectivity index (χ1v) is 10.0. The molecule has 0 aliphatic heterocycles. The Bertz CT molecular complexity index is 927. The maximum atomic E-state index is 11.7. The van der Waals surface area contributed by atoms with Crippen molar-refractivity contribution < 1.29 is 9.53 Å². The molecule has 0 unspecified atom stereocenters. The number of halogens is 1. The number of carbonyl (C=O) groups is 1. The van der Waals surface area contributed by atoms with Gasteiger partial charge in [0.1, 0.15) is 0 Å². The molecule has 0 bridgehead atoms. The number of hydrogen-bond donors (Lipinski definition) is 2.